The number of rotatable bonds is 5. The Kier molecular flexibility index (Phi) is 4.67. The van der Waals surface area contributed by atoms with Gasteiger partial charge in [-0.1, -0.05) is 13.0 Å². The van der Waals surface area contributed by atoms with Crippen LogP contribution in [-0.4, -0.2) is 34.0 Å². The van der Waals surface area contributed by atoms with E-state index in [0.717, 1.165) is 50.8 Å². The van der Waals surface area contributed by atoms with Crippen molar-refractivity contribution in [2.24, 2.45) is 0 Å². The van der Waals surface area contributed by atoms with Crippen molar-refractivity contribution in [2.75, 3.05) is 23.7 Å². The van der Waals surface area contributed by atoms with E-state index >= 15 is 0 Å². The molecule has 4 rings (SSSR count). The van der Waals surface area contributed by atoms with Gasteiger partial charge in [-0.2, -0.15) is 18.2 Å². The van der Waals surface area contributed by atoms with Crippen molar-refractivity contribution in [2.45, 2.75) is 44.9 Å². The number of nitrogens with zero attached hydrogens (tertiary/aromatic N) is 3. The molecule has 1 aromatic heterocycles. The molecule has 2 heterocycles. The number of fused-ring (bicyclic) bond motifs is 1. The van der Waals surface area contributed by atoms with Crippen molar-refractivity contribution in [1.82, 2.24) is 14.9 Å². The number of anilines is 3. The fraction of sp³-hybridized carbons (Fsp3) is 0.474. The minimum absolute atomic E-state index is 0.0686. The summed E-state index contributed by atoms with van der Waals surface area (Å²) < 4.78 is 39.5. The van der Waals surface area contributed by atoms with Gasteiger partial charge in [-0.3, -0.25) is 4.90 Å². The molecule has 0 unspecified atom stereocenters. The highest BCUT2D eigenvalue weighted by Gasteiger charge is 2.36. The summed E-state index contributed by atoms with van der Waals surface area (Å²) in [5.74, 6) is 0.0103. The first kappa shape index (κ1) is 18.0. The second kappa shape index (κ2) is 6.99. The number of aromatic nitrogens is 2. The van der Waals surface area contributed by atoms with Gasteiger partial charge < -0.3 is 10.6 Å². The number of likely N-dealkylation sites (N-methyl/N-ethyl adjacent to an activating group) is 1. The molecule has 27 heavy (non-hydrogen) atoms. The molecule has 0 bridgehead atoms. The molecule has 144 valence electrons. The molecule has 0 saturated heterocycles. The second-order valence-electron chi connectivity index (χ2n) is 7.10. The van der Waals surface area contributed by atoms with E-state index in [2.05, 4.69) is 38.5 Å². The average Bonchev–Trinajstić information content (AvgIpc) is 3.44. The number of hydrogen-bond acceptors (Lipinski definition) is 5. The van der Waals surface area contributed by atoms with E-state index in [1.54, 1.807) is 0 Å². The van der Waals surface area contributed by atoms with Gasteiger partial charge in [-0.05, 0) is 49.1 Å². The van der Waals surface area contributed by atoms with Crippen molar-refractivity contribution in [1.29, 1.82) is 0 Å². The third-order valence-corrected chi connectivity index (χ3v) is 5.01. The topological polar surface area (TPSA) is 53.1 Å². The van der Waals surface area contributed by atoms with Crippen LogP contribution in [0.2, 0.25) is 0 Å². The lowest BCUT2D eigenvalue weighted by Crippen LogP contribution is -2.30. The third-order valence-electron chi connectivity index (χ3n) is 5.01. The molecule has 0 spiro atoms. The van der Waals surface area contributed by atoms with Crippen molar-refractivity contribution < 1.29 is 13.2 Å². The van der Waals surface area contributed by atoms with Gasteiger partial charge in [0, 0.05) is 31.0 Å². The quantitative estimate of drug-likeness (QED) is 0.818. The molecule has 1 aliphatic heterocycles. The minimum Gasteiger partial charge on any atom is -0.367 e. The highest BCUT2D eigenvalue weighted by atomic mass is 19.4. The van der Waals surface area contributed by atoms with E-state index < -0.39 is 11.7 Å². The van der Waals surface area contributed by atoms with E-state index in [1.807, 2.05) is 12.1 Å². The Bertz CT molecular complexity index is 833. The van der Waals surface area contributed by atoms with Gasteiger partial charge >= 0.3 is 6.18 Å². The SMILES string of the molecule is CCN1CCc2cc(Nc3ncc(C(F)(F)F)c(NC4CC4)n3)ccc2C1. The lowest BCUT2D eigenvalue weighted by atomic mass is 9.99. The zero-order chi connectivity index (χ0) is 19.0. The van der Waals surface area contributed by atoms with Gasteiger partial charge in [0.1, 0.15) is 11.4 Å². The maximum Gasteiger partial charge on any atom is 0.421 e. The predicted molar refractivity (Wildman–Crippen MR) is 98.1 cm³/mol. The zero-order valence-corrected chi connectivity index (χ0v) is 15.1. The Labute approximate surface area is 156 Å². The molecule has 0 atom stereocenters. The van der Waals surface area contributed by atoms with Crippen LogP contribution < -0.4 is 10.6 Å². The first-order valence-electron chi connectivity index (χ1n) is 9.24. The van der Waals surface area contributed by atoms with Gasteiger partial charge in [0.15, 0.2) is 0 Å². The molecule has 1 fully saturated rings. The molecule has 2 aliphatic rings. The molecule has 1 aliphatic carbocycles. The predicted octanol–water partition coefficient (Wildman–Crippen LogP) is 4.19. The summed E-state index contributed by atoms with van der Waals surface area (Å²) in [6.45, 7) is 5.11. The van der Waals surface area contributed by atoms with Gasteiger partial charge in [-0.15, -0.1) is 0 Å². The monoisotopic (exact) mass is 377 g/mol. The van der Waals surface area contributed by atoms with Crippen molar-refractivity contribution in [3.8, 4) is 0 Å². The largest absolute Gasteiger partial charge is 0.421 e. The van der Waals surface area contributed by atoms with Crippen molar-refractivity contribution >= 4 is 17.5 Å². The van der Waals surface area contributed by atoms with E-state index in [-0.39, 0.29) is 17.8 Å². The molecule has 0 radical (unpaired) electrons. The molecule has 8 heteroatoms. The van der Waals surface area contributed by atoms with E-state index in [1.165, 1.54) is 11.1 Å². The average molecular weight is 377 g/mol. The number of halogens is 3. The normalized spacial score (nSPS) is 17.5. The number of nitrogens with one attached hydrogen (secondary N) is 2. The highest BCUT2D eigenvalue weighted by molar-refractivity contribution is 5.59. The van der Waals surface area contributed by atoms with Gasteiger partial charge in [0.05, 0.1) is 0 Å². The zero-order valence-electron chi connectivity index (χ0n) is 15.1. The minimum atomic E-state index is -4.48. The summed E-state index contributed by atoms with van der Waals surface area (Å²) in [7, 11) is 0. The molecule has 2 N–H and O–H groups in total. The summed E-state index contributed by atoms with van der Waals surface area (Å²) >= 11 is 0. The Morgan fingerprint density at radius 3 is 2.74 bits per heavy atom. The number of alkyl halides is 3. The summed E-state index contributed by atoms with van der Waals surface area (Å²) in [5, 5.41) is 5.91. The molecule has 2 aromatic rings. The van der Waals surface area contributed by atoms with E-state index in [9.17, 15) is 13.2 Å². The van der Waals surface area contributed by atoms with Crippen LogP contribution in [0, 0.1) is 0 Å². The van der Waals surface area contributed by atoms with Crippen LogP contribution >= 0.6 is 0 Å². The lowest BCUT2D eigenvalue weighted by molar-refractivity contribution is -0.137. The summed E-state index contributed by atoms with van der Waals surface area (Å²) in [6, 6.07) is 6.09. The molecule has 5 nitrogen and oxygen atoms in total. The standard InChI is InChI=1S/C19H22F3N5/c1-2-27-8-7-12-9-15(4-3-13(12)11-27)25-18-23-10-16(19(20,21)22)17(26-18)24-14-5-6-14/h3-4,9-10,14H,2,5-8,11H2,1H3,(H2,23,24,25,26). The van der Waals surface area contributed by atoms with Gasteiger partial charge in [-0.25, -0.2) is 4.98 Å². The first-order valence-corrected chi connectivity index (χ1v) is 9.24. The smallest absolute Gasteiger partial charge is 0.367 e. The van der Waals surface area contributed by atoms with Crippen LogP contribution in [0.15, 0.2) is 24.4 Å². The fourth-order valence-corrected chi connectivity index (χ4v) is 3.27. The van der Waals surface area contributed by atoms with E-state index in [0.29, 0.717) is 0 Å². The molecular weight excluding hydrogens is 355 g/mol. The Morgan fingerprint density at radius 1 is 1.22 bits per heavy atom. The highest BCUT2D eigenvalue weighted by Crippen LogP contribution is 2.36. The molecular formula is C19H22F3N5. The van der Waals surface area contributed by atoms with Crippen LogP contribution in [0.5, 0.6) is 0 Å². The first-order chi connectivity index (χ1) is 12.9. The van der Waals surface area contributed by atoms with Crippen LogP contribution in [0.25, 0.3) is 0 Å². The lowest BCUT2D eigenvalue weighted by Gasteiger charge is -2.27. The number of benzene rings is 1. The second-order valence-corrected chi connectivity index (χ2v) is 7.10. The van der Waals surface area contributed by atoms with Crippen LogP contribution in [0.1, 0.15) is 36.5 Å². The van der Waals surface area contributed by atoms with Crippen LogP contribution in [-0.2, 0) is 19.1 Å². The Hall–Kier alpha value is -2.35. The van der Waals surface area contributed by atoms with Crippen molar-refractivity contribution in [3.05, 3.63) is 41.1 Å². The summed E-state index contributed by atoms with van der Waals surface area (Å²) in [6.07, 6.45) is -0.946. The molecule has 1 aromatic carbocycles. The van der Waals surface area contributed by atoms with Crippen LogP contribution in [0.4, 0.5) is 30.6 Å². The third kappa shape index (κ3) is 4.16. The summed E-state index contributed by atoms with van der Waals surface area (Å²) in [5.41, 5.74) is 2.51. The van der Waals surface area contributed by atoms with Crippen molar-refractivity contribution in [3.63, 3.8) is 0 Å². The fourth-order valence-electron chi connectivity index (χ4n) is 3.27. The maximum absolute atomic E-state index is 13.2. The van der Waals surface area contributed by atoms with Gasteiger partial charge in [0.2, 0.25) is 5.95 Å². The Morgan fingerprint density at radius 2 is 2.04 bits per heavy atom. The van der Waals surface area contributed by atoms with E-state index in [4.69, 9.17) is 0 Å². The number of hydrogen-bond donors (Lipinski definition) is 2. The Balaban J connectivity index is 1.55. The van der Waals surface area contributed by atoms with Crippen LogP contribution in [0.3, 0.4) is 0 Å². The maximum atomic E-state index is 13.2. The molecule has 1 saturated carbocycles. The summed E-state index contributed by atoms with van der Waals surface area (Å²) in [4.78, 5) is 10.3. The molecule has 0 amide bonds. The van der Waals surface area contributed by atoms with Gasteiger partial charge in [0.25, 0.3) is 0 Å².